The van der Waals surface area contributed by atoms with E-state index >= 15 is 0 Å². The summed E-state index contributed by atoms with van der Waals surface area (Å²) in [5, 5.41) is 10.3. The zero-order chi connectivity index (χ0) is 15.6. The maximum atomic E-state index is 12.3. The second-order valence-electron chi connectivity index (χ2n) is 6.26. The first-order valence-electron chi connectivity index (χ1n) is 6.19. The van der Waals surface area contributed by atoms with E-state index < -0.39 is 47.2 Å². The minimum atomic E-state index is -5.57. The molecule has 0 spiro atoms. The molecule has 4 nitrogen and oxygen atoms in total. The summed E-state index contributed by atoms with van der Waals surface area (Å²) in [6, 6.07) is 0. The molecule has 0 aromatic carbocycles. The van der Waals surface area contributed by atoms with Gasteiger partial charge in [-0.15, -0.1) is 0 Å². The molecule has 0 amide bonds. The van der Waals surface area contributed by atoms with Crippen molar-refractivity contribution in [2.24, 2.45) is 16.7 Å². The summed E-state index contributed by atoms with van der Waals surface area (Å²) in [5.41, 5.74) is -6.03. The van der Waals surface area contributed by atoms with Gasteiger partial charge in [-0.25, -0.2) is 0 Å². The maximum absolute atomic E-state index is 12.3. The van der Waals surface area contributed by atoms with E-state index in [0.29, 0.717) is 0 Å². The van der Waals surface area contributed by atoms with Crippen molar-refractivity contribution >= 4 is 25.4 Å². The molecule has 2 aliphatic carbocycles. The van der Waals surface area contributed by atoms with Gasteiger partial charge in [0.25, 0.3) is 0 Å². The van der Waals surface area contributed by atoms with E-state index in [-0.39, 0.29) is 11.3 Å². The van der Waals surface area contributed by atoms with Crippen molar-refractivity contribution in [3.05, 3.63) is 0 Å². The van der Waals surface area contributed by atoms with Crippen LogP contribution in [-0.4, -0.2) is 40.4 Å². The van der Waals surface area contributed by atoms with Crippen LogP contribution in [-0.2, 0) is 13.4 Å². The van der Waals surface area contributed by atoms with Gasteiger partial charge in [0, 0.05) is 0 Å². The number of alkyl halides is 3. The molecule has 0 aromatic rings. The summed E-state index contributed by atoms with van der Waals surface area (Å²) in [6.07, 6.45) is 0.756. The van der Waals surface area contributed by atoms with E-state index in [9.17, 15) is 26.7 Å². The van der Waals surface area contributed by atoms with Crippen LogP contribution < -0.4 is 0 Å². The molecule has 9 heteroatoms. The number of halogens is 3. The van der Waals surface area contributed by atoms with Gasteiger partial charge in [0.15, 0.2) is 0 Å². The molecular formula is C11H17F3O4SSe. The molecule has 2 fully saturated rings. The minimum absolute atomic E-state index is 0.00839. The number of fused-ring (bicyclic) bond motifs is 2. The Labute approximate surface area is 122 Å². The number of hydrogen-bond acceptors (Lipinski definition) is 4. The van der Waals surface area contributed by atoms with E-state index in [0.717, 1.165) is 12.8 Å². The van der Waals surface area contributed by atoms with Gasteiger partial charge in [-0.1, -0.05) is 0 Å². The monoisotopic (exact) mass is 382 g/mol. The van der Waals surface area contributed by atoms with E-state index in [1.165, 1.54) is 0 Å². The van der Waals surface area contributed by atoms with Gasteiger partial charge in [-0.2, -0.15) is 0 Å². The summed E-state index contributed by atoms with van der Waals surface area (Å²) in [5.74, 6) is -0.00839. The van der Waals surface area contributed by atoms with Gasteiger partial charge in [0.2, 0.25) is 0 Å². The van der Waals surface area contributed by atoms with Crippen molar-refractivity contribution < 1.29 is 30.0 Å². The first kappa shape index (κ1) is 16.5. The Morgan fingerprint density at radius 2 is 1.85 bits per heavy atom. The average Bonchev–Trinajstić information content (AvgIpc) is 2.58. The first-order chi connectivity index (χ1) is 8.84. The Morgan fingerprint density at radius 3 is 2.25 bits per heavy atom. The van der Waals surface area contributed by atoms with Crippen molar-refractivity contribution in [3.8, 4) is 0 Å². The van der Waals surface area contributed by atoms with Gasteiger partial charge in [-0.3, -0.25) is 0 Å². The molecule has 0 aromatic heterocycles. The molecule has 0 aliphatic heterocycles. The quantitative estimate of drug-likeness (QED) is 0.601. The number of aliphatic hydroxyl groups excluding tert-OH is 1. The number of rotatable bonds is 3. The molecule has 0 radical (unpaired) electrons. The fourth-order valence-electron chi connectivity index (χ4n) is 3.50. The molecule has 0 heterocycles. The zero-order valence-electron chi connectivity index (χ0n) is 11.3. The van der Waals surface area contributed by atoms with Crippen LogP contribution in [0.5, 0.6) is 0 Å². The molecule has 2 bridgehead atoms. The number of aliphatic hydroxyl groups is 1. The molecule has 4 atom stereocenters. The van der Waals surface area contributed by atoms with Crippen molar-refractivity contribution in [2.75, 3.05) is 0 Å². The zero-order valence-corrected chi connectivity index (χ0v) is 13.8. The van der Waals surface area contributed by atoms with Crippen LogP contribution in [0.25, 0.3) is 0 Å². The Balaban J connectivity index is 2.14. The van der Waals surface area contributed by atoms with E-state index in [1.54, 1.807) is 0 Å². The Hall–Kier alpha value is 0.179. The molecule has 2 aliphatic rings. The van der Waals surface area contributed by atoms with Crippen molar-refractivity contribution in [1.82, 2.24) is 0 Å². The fourth-order valence-corrected chi connectivity index (χ4v) is 7.61. The van der Waals surface area contributed by atoms with Crippen molar-refractivity contribution in [3.63, 3.8) is 0 Å². The second kappa shape index (κ2) is 4.59. The average molecular weight is 381 g/mol. The van der Waals surface area contributed by atoms with Crippen LogP contribution in [0.1, 0.15) is 33.6 Å². The fraction of sp³-hybridized carbons (Fsp3) is 1.00. The van der Waals surface area contributed by atoms with Gasteiger partial charge in [0.05, 0.1) is 0 Å². The number of hydrogen-bond donors (Lipinski definition) is 1. The van der Waals surface area contributed by atoms with Crippen LogP contribution >= 0.6 is 0 Å². The molecular weight excluding hydrogens is 364 g/mol. The summed E-state index contributed by atoms with van der Waals surface area (Å²) in [4.78, 5) is -0.520. The third-order valence-corrected chi connectivity index (χ3v) is 9.40. The molecule has 0 saturated heterocycles. The van der Waals surface area contributed by atoms with Crippen LogP contribution in [0.4, 0.5) is 13.2 Å². The SMILES string of the molecule is CC1(C)[C@@H]2CC[C@@]1(C)[C@H](O)[C@H]2[Se]OS(=O)(=O)C(F)(F)F. The normalized spacial score (nSPS) is 40.2. The second-order valence-corrected chi connectivity index (χ2v) is 10.2. The van der Waals surface area contributed by atoms with Gasteiger partial charge in [0.1, 0.15) is 0 Å². The van der Waals surface area contributed by atoms with Crippen LogP contribution in [0, 0.1) is 16.7 Å². The Bertz CT molecular complexity index is 504. The van der Waals surface area contributed by atoms with Crippen LogP contribution in [0.2, 0.25) is 4.82 Å². The Kier molecular flexibility index (Phi) is 3.79. The van der Waals surface area contributed by atoms with Crippen LogP contribution in [0.15, 0.2) is 0 Å². The summed E-state index contributed by atoms with van der Waals surface area (Å²) < 4.78 is 62.9. The predicted octanol–water partition coefficient (Wildman–Crippen LogP) is 2.08. The van der Waals surface area contributed by atoms with Crippen molar-refractivity contribution in [2.45, 2.75) is 50.0 Å². The molecule has 2 rings (SSSR count). The standard InChI is InChI=1S/C11H17F3O4SSe/c1-9(2)6-4-5-10(9,3)8(15)7(6)20-18-19(16,17)11(12,13)14/h6-8,15H,4-5H2,1-3H3/t6-,7+,8-,10+/m1/s1. The molecule has 20 heavy (non-hydrogen) atoms. The van der Waals surface area contributed by atoms with Crippen molar-refractivity contribution in [1.29, 1.82) is 0 Å². The molecule has 2 saturated carbocycles. The Morgan fingerprint density at radius 1 is 1.30 bits per heavy atom. The first-order valence-corrected chi connectivity index (χ1v) is 9.28. The van der Waals surface area contributed by atoms with Gasteiger partial charge in [-0.05, 0) is 0 Å². The van der Waals surface area contributed by atoms with E-state index in [4.69, 9.17) is 0 Å². The molecule has 0 unspecified atom stereocenters. The summed E-state index contributed by atoms with van der Waals surface area (Å²) >= 11 is -1.26. The summed E-state index contributed by atoms with van der Waals surface area (Å²) in [6.45, 7) is 5.86. The topological polar surface area (TPSA) is 63.6 Å². The molecule has 118 valence electrons. The van der Waals surface area contributed by atoms with E-state index in [1.807, 2.05) is 20.8 Å². The van der Waals surface area contributed by atoms with Gasteiger partial charge >= 0.3 is 122 Å². The van der Waals surface area contributed by atoms with Crippen LogP contribution in [0.3, 0.4) is 0 Å². The summed E-state index contributed by atoms with van der Waals surface area (Å²) in [7, 11) is -5.57. The van der Waals surface area contributed by atoms with E-state index in [2.05, 4.69) is 3.27 Å². The third-order valence-electron chi connectivity index (χ3n) is 5.26. The third kappa shape index (κ3) is 2.13. The predicted molar refractivity (Wildman–Crippen MR) is 66.2 cm³/mol. The van der Waals surface area contributed by atoms with Gasteiger partial charge < -0.3 is 0 Å². The molecule has 1 N–H and O–H groups in total.